The molecule has 0 aliphatic rings. The Balaban J connectivity index is 2.16. The number of benzene rings is 1. The number of H-pyrrole nitrogens is 1. The number of nitrogens with zero attached hydrogens (tertiary/aromatic N) is 3. The number of hydrogen-bond acceptors (Lipinski definition) is 4. The molecule has 0 spiro atoms. The average Bonchev–Trinajstić information content (AvgIpc) is 2.90. The number of aromatic nitrogens is 4. The second-order valence-corrected chi connectivity index (χ2v) is 5.27. The lowest BCUT2D eigenvalue weighted by Crippen LogP contribution is -2.28. The Morgan fingerprint density at radius 2 is 2.14 bits per heavy atom. The van der Waals surface area contributed by atoms with E-state index in [2.05, 4.69) is 20.6 Å². The first-order valence-electron chi connectivity index (χ1n) is 6.72. The van der Waals surface area contributed by atoms with Gasteiger partial charge in [0.2, 0.25) is 0 Å². The van der Waals surface area contributed by atoms with Gasteiger partial charge in [0.05, 0.1) is 11.0 Å². The van der Waals surface area contributed by atoms with E-state index in [0.717, 1.165) is 0 Å². The molecule has 0 atom stereocenters. The van der Waals surface area contributed by atoms with E-state index >= 15 is 0 Å². The molecule has 0 fully saturated rings. The molecule has 2 aromatic heterocycles. The summed E-state index contributed by atoms with van der Waals surface area (Å²) in [4.78, 5) is 27.1. The van der Waals surface area contributed by atoms with Gasteiger partial charge in [-0.1, -0.05) is 31.2 Å². The van der Waals surface area contributed by atoms with Gasteiger partial charge in [0, 0.05) is 6.54 Å². The van der Waals surface area contributed by atoms with Crippen molar-refractivity contribution >= 4 is 22.5 Å². The molecule has 0 aliphatic carbocycles. The molecule has 21 heavy (non-hydrogen) atoms. The minimum Gasteiger partial charge on any atom is -0.350 e. The van der Waals surface area contributed by atoms with Gasteiger partial charge < -0.3 is 10.3 Å². The van der Waals surface area contributed by atoms with Crippen LogP contribution in [0.1, 0.15) is 24.3 Å². The number of fused-ring (bicyclic) bond motifs is 3. The summed E-state index contributed by atoms with van der Waals surface area (Å²) in [5.41, 5.74) is 1.17. The number of carbonyl (C=O) groups is 1. The van der Waals surface area contributed by atoms with Crippen molar-refractivity contribution < 1.29 is 4.79 Å². The van der Waals surface area contributed by atoms with Crippen LogP contribution in [0.5, 0.6) is 0 Å². The second kappa shape index (κ2) is 5.01. The molecule has 0 radical (unpaired) electrons. The van der Waals surface area contributed by atoms with Crippen molar-refractivity contribution in [1.29, 1.82) is 0 Å². The van der Waals surface area contributed by atoms with Gasteiger partial charge in [-0.25, -0.2) is 4.52 Å². The van der Waals surface area contributed by atoms with E-state index in [1.165, 1.54) is 4.52 Å². The van der Waals surface area contributed by atoms with Crippen molar-refractivity contribution in [3.8, 4) is 0 Å². The van der Waals surface area contributed by atoms with Crippen LogP contribution in [0, 0.1) is 5.92 Å². The Hall–Kier alpha value is -2.70. The largest absolute Gasteiger partial charge is 0.350 e. The number of carbonyl (C=O) groups excluding carboxylic acids is 1. The first-order valence-corrected chi connectivity index (χ1v) is 6.72. The number of nitrogens with one attached hydrogen (secondary N) is 2. The van der Waals surface area contributed by atoms with Gasteiger partial charge in [0.1, 0.15) is 0 Å². The predicted octanol–water partition coefficient (Wildman–Crippen LogP) is 0.957. The van der Waals surface area contributed by atoms with Gasteiger partial charge in [-0.3, -0.25) is 9.59 Å². The molecule has 2 heterocycles. The standard InChI is InChI=1S/C14H15N5O2/c1-8(2)7-15-13(20)11-12-14(21)16-9-5-3-4-6-10(9)19(12)18-17-11/h3-6,8H,7H2,1-2H3,(H,15,20)(H,16,21). The van der Waals surface area contributed by atoms with E-state index in [4.69, 9.17) is 0 Å². The Morgan fingerprint density at radius 3 is 2.90 bits per heavy atom. The highest BCUT2D eigenvalue weighted by Gasteiger charge is 2.19. The normalized spacial score (nSPS) is 11.4. The molecule has 0 aliphatic heterocycles. The predicted molar refractivity (Wildman–Crippen MR) is 78.3 cm³/mol. The van der Waals surface area contributed by atoms with Crippen molar-refractivity contribution in [2.24, 2.45) is 5.92 Å². The van der Waals surface area contributed by atoms with Gasteiger partial charge >= 0.3 is 0 Å². The van der Waals surface area contributed by atoms with E-state index in [1.54, 1.807) is 6.07 Å². The molecular weight excluding hydrogens is 270 g/mol. The van der Waals surface area contributed by atoms with Crippen molar-refractivity contribution in [2.45, 2.75) is 13.8 Å². The van der Waals surface area contributed by atoms with Crippen LogP contribution in [0.2, 0.25) is 0 Å². The number of aromatic amines is 1. The van der Waals surface area contributed by atoms with Gasteiger partial charge in [-0.05, 0) is 18.1 Å². The van der Waals surface area contributed by atoms with Crippen LogP contribution in [-0.2, 0) is 0 Å². The SMILES string of the molecule is CC(C)CNC(=O)c1nnn2c1c(=O)[nH]c1ccccc12. The fourth-order valence-corrected chi connectivity index (χ4v) is 2.13. The fourth-order valence-electron chi connectivity index (χ4n) is 2.13. The summed E-state index contributed by atoms with van der Waals surface area (Å²) in [6.07, 6.45) is 0. The summed E-state index contributed by atoms with van der Waals surface area (Å²) in [7, 11) is 0. The van der Waals surface area contributed by atoms with Gasteiger partial charge in [-0.15, -0.1) is 5.10 Å². The smallest absolute Gasteiger partial charge is 0.277 e. The maximum absolute atomic E-state index is 12.2. The van der Waals surface area contributed by atoms with Crippen molar-refractivity contribution in [1.82, 2.24) is 25.1 Å². The molecule has 1 aromatic carbocycles. The lowest BCUT2D eigenvalue weighted by Gasteiger charge is -2.05. The Morgan fingerprint density at radius 1 is 1.38 bits per heavy atom. The van der Waals surface area contributed by atoms with Gasteiger partial charge in [0.15, 0.2) is 11.2 Å². The van der Waals surface area contributed by atoms with E-state index in [9.17, 15) is 9.59 Å². The second-order valence-electron chi connectivity index (χ2n) is 5.27. The summed E-state index contributed by atoms with van der Waals surface area (Å²) in [5.74, 6) is -0.0746. The minimum absolute atomic E-state index is 0.0441. The van der Waals surface area contributed by atoms with Crippen molar-refractivity contribution in [3.63, 3.8) is 0 Å². The first-order chi connectivity index (χ1) is 10.1. The molecule has 0 bridgehead atoms. The lowest BCUT2D eigenvalue weighted by atomic mass is 10.2. The van der Waals surface area contributed by atoms with E-state index < -0.39 is 0 Å². The highest BCUT2D eigenvalue weighted by Crippen LogP contribution is 2.12. The van der Waals surface area contributed by atoms with Crippen LogP contribution in [-0.4, -0.2) is 32.3 Å². The molecule has 1 amide bonds. The zero-order chi connectivity index (χ0) is 15.0. The maximum Gasteiger partial charge on any atom is 0.277 e. The molecular formula is C14H15N5O2. The Labute approximate surface area is 120 Å². The zero-order valence-electron chi connectivity index (χ0n) is 11.8. The minimum atomic E-state index is -0.389. The zero-order valence-corrected chi connectivity index (χ0v) is 11.8. The van der Waals surface area contributed by atoms with Crippen molar-refractivity contribution in [3.05, 3.63) is 40.3 Å². The summed E-state index contributed by atoms with van der Waals surface area (Å²) in [6, 6.07) is 7.23. The van der Waals surface area contributed by atoms with E-state index in [1.807, 2.05) is 32.0 Å². The molecule has 0 saturated carbocycles. The van der Waals surface area contributed by atoms with Crippen LogP contribution in [0.25, 0.3) is 16.6 Å². The molecule has 7 heteroatoms. The number of para-hydroxylation sites is 2. The monoisotopic (exact) mass is 285 g/mol. The molecule has 3 rings (SSSR count). The Bertz CT molecular complexity index is 878. The first kappa shape index (κ1) is 13.3. The molecule has 3 aromatic rings. The van der Waals surface area contributed by atoms with Gasteiger partial charge in [-0.2, -0.15) is 0 Å². The number of amides is 1. The molecule has 0 saturated heterocycles. The Kier molecular flexibility index (Phi) is 3.17. The van der Waals surface area contributed by atoms with Crippen molar-refractivity contribution in [2.75, 3.05) is 6.54 Å². The highest BCUT2D eigenvalue weighted by atomic mass is 16.2. The van der Waals surface area contributed by atoms with Crippen LogP contribution in [0.15, 0.2) is 29.1 Å². The number of rotatable bonds is 3. The lowest BCUT2D eigenvalue weighted by molar-refractivity contribution is 0.0945. The summed E-state index contributed by atoms with van der Waals surface area (Å²) in [5, 5.41) is 10.6. The highest BCUT2D eigenvalue weighted by molar-refractivity contribution is 5.99. The summed E-state index contributed by atoms with van der Waals surface area (Å²) >= 11 is 0. The summed E-state index contributed by atoms with van der Waals surface area (Å²) in [6.45, 7) is 4.50. The quantitative estimate of drug-likeness (QED) is 0.749. The van der Waals surface area contributed by atoms with Crippen LogP contribution in [0.4, 0.5) is 0 Å². The topological polar surface area (TPSA) is 92.2 Å². The van der Waals surface area contributed by atoms with Gasteiger partial charge in [0.25, 0.3) is 11.5 Å². The van der Waals surface area contributed by atoms with Crippen LogP contribution >= 0.6 is 0 Å². The molecule has 2 N–H and O–H groups in total. The van der Waals surface area contributed by atoms with Crippen LogP contribution in [0.3, 0.4) is 0 Å². The number of hydrogen-bond donors (Lipinski definition) is 2. The third kappa shape index (κ3) is 2.26. The van der Waals surface area contributed by atoms with E-state index in [-0.39, 0.29) is 22.7 Å². The van der Waals surface area contributed by atoms with E-state index in [0.29, 0.717) is 23.5 Å². The molecule has 108 valence electrons. The average molecular weight is 285 g/mol. The molecule has 0 unspecified atom stereocenters. The molecule has 7 nitrogen and oxygen atoms in total. The third-order valence-corrected chi connectivity index (χ3v) is 3.15. The third-order valence-electron chi connectivity index (χ3n) is 3.15. The summed E-state index contributed by atoms with van der Waals surface area (Å²) < 4.78 is 1.40. The maximum atomic E-state index is 12.2. The fraction of sp³-hybridized carbons (Fsp3) is 0.286. The van der Waals surface area contributed by atoms with Crippen LogP contribution < -0.4 is 10.9 Å².